The van der Waals surface area contributed by atoms with E-state index >= 15 is 0 Å². The van der Waals surface area contributed by atoms with E-state index in [0.29, 0.717) is 17.9 Å². The highest BCUT2D eigenvalue weighted by atomic mass is 15.0. The topological polar surface area (TPSA) is 24.1 Å². The molecule has 0 saturated carbocycles. The maximum Gasteiger partial charge on any atom is 0.0379 e. The van der Waals surface area contributed by atoms with Crippen molar-refractivity contribution in [3.63, 3.8) is 0 Å². The van der Waals surface area contributed by atoms with E-state index in [-0.39, 0.29) is 0 Å². The Kier molecular flexibility index (Phi) is 2.40. The molecule has 2 heterocycles. The molecule has 2 unspecified atom stereocenters. The van der Waals surface area contributed by atoms with Crippen molar-refractivity contribution in [2.45, 2.75) is 38.1 Å². The normalized spacial score (nSPS) is 27.4. The summed E-state index contributed by atoms with van der Waals surface area (Å²) in [4.78, 5) is 0. The maximum atomic E-state index is 3.66. The van der Waals surface area contributed by atoms with Crippen LogP contribution in [-0.2, 0) is 0 Å². The molecule has 2 heteroatoms. The highest BCUT2D eigenvalue weighted by Crippen LogP contribution is 2.39. The van der Waals surface area contributed by atoms with E-state index in [4.69, 9.17) is 0 Å². The van der Waals surface area contributed by atoms with E-state index in [1.54, 1.807) is 0 Å². The van der Waals surface area contributed by atoms with E-state index in [0.717, 1.165) is 13.1 Å². The standard InChI is InChI=1S/C14H20N2/c1-9(2)10-3-4-13-11(7-10)12-8-15-6-5-14(12)16-13/h3-4,7,9,12,14-16H,5-6,8H2,1-2H3. The first-order chi connectivity index (χ1) is 7.75. The third kappa shape index (κ3) is 1.52. The van der Waals surface area contributed by atoms with Crippen LogP contribution in [0, 0.1) is 0 Å². The Balaban J connectivity index is 1.97. The maximum absolute atomic E-state index is 3.66. The van der Waals surface area contributed by atoms with Gasteiger partial charge in [-0.15, -0.1) is 0 Å². The zero-order valence-corrected chi connectivity index (χ0v) is 10.1. The first-order valence-electron chi connectivity index (χ1n) is 6.37. The van der Waals surface area contributed by atoms with Gasteiger partial charge < -0.3 is 10.6 Å². The summed E-state index contributed by atoms with van der Waals surface area (Å²) in [6.07, 6.45) is 1.25. The molecular weight excluding hydrogens is 196 g/mol. The van der Waals surface area contributed by atoms with E-state index in [1.807, 2.05) is 0 Å². The molecule has 16 heavy (non-hydrogen) atoms. The summed E-state index contributed by atoms with van der Waals surface area (Å²) in [5.41, 5.74) is 4.36. The summed E-state index contributed by atoms with van der Waals surface area (Å²) < 4.78 is 0. The minimum Gasteiger partial charge on any atom is -0.381 e. The minimum atomic E-state index is 0.626. The lowest BCUT2D eigenvalue weighted by molar-refractivity contribution is 0.439. The third-order valence-electron chi connectivity index (χ3n) is 3.96. The fraction of sp³-hybridized carbons (Fsp3) is 0.571. The molecule has 0 bridgehead atoms. The highest BCUT2D eigenvalue weighted by Gasteiger charge is 2.33. The molecule has 0 amide bonds. The number of anilines is 1. The molecular formula is C14H20N2. The van der Waals surface area contributed by atoms with Gasteiger partial charge in [-0.05, 0) is 36.1 Å². The van der Waals surface area contributed by atoms with Gasteiger partial charge in [0.2, 0.25) is 0 Å². The monoisotopic (exact) mass is 216 g/mol. The molecule has 0 spiro atoms. The van der Waals surface area contributed by atoms with Gasteiger partial charge in [0, 0.05) is 24.2 Å². The fourth-order valence-corrected chi connectivity index (χ4v) is 2.94. The summed E-state index contributed by atoms with van der Waals surface area (Å²) >= 11 is 0. The van der Waals surface area contributed by atoms with Gasteiger partial charge in [-0.25, -0.2) is 0 Å². The molecule has 0 aromatic heterocycles. The lowest BCUT2D eigenvalue weighted by atomic mass is 9.88. The quantitative estimate of drug-likeness (QED) is 0.754. The predicted molar refractivity (Wildman–Crippen MR) is 68.2 cm³/mol. The molecule has 2 aliphatic heterocycles. The van der Waals surface area contributed by atoms with Crippen LogP contribution in [0.3, 0.4) is 0 Å². The summed E-state index contributed by atoms with van der Waals surface area (Å²) in [7, 11) is 0. The van der Waals surface area contributed by atoms with Crippen LogP contribution in [0.4, 0.5) is 5.69 Å². The van der Waals surface area contributed by atoms with Crippen molar-refractivity contribution in [1.29, 1.82) is 0 Å². The zero-order valence-electron chi connectivity index (χ0n) is 10.1. The molecule has 1 fully saturated rings. The third-order valence-corrected chi connectivity index (χ3v) is 3.96. The first kappa shape index (κ1) is 10.2. The summed E-state index contributed by atoms with van der Waals surface area (Å²) in [6, 6.07) is 7.60. The lowest BCUT2D eigenvalue weighted by Gasteiger charge is -2.26. The summed E-state index contributed by atoms with van der Waals surface area (Å²) in [6.45, 7) is 6.81. The smallest absolute Gasteiger partial charge is 0.0379 e. The second-order valence-corrected chi connectivity index (χ2v) is 5.35. The van der Waals surface area contributed by atoms with Gasteiger partial charge in [0.1, 0.15) is 0 Å². The Bertz CT molecular complexity index is 398. The molecule has 2 aliphatic rings. The Labute approximate surface area is 97.4 Å². The van der Waals surface area contributed by atoms with Crippen LogP contribution in [0.5, 0.6) is 0 Å². The number of fused-ring (bicyclic) bond motifs is 3. The first-order valence-corrected chi connectivity index (χ1v) is 6.37. The van der Waals surface area contributed by atoms with Crippen LogP contribution in [0.25, 0.3) is 0 Å². The summed E-state index contributed by atoms with van der Waals surface area (Å²) in [5, 5.41) is 7.17. The van der Waals surface area contributed by atoms with Crippen molar-refractivity contribution in [3.8, 4) is 0 Å². The van der Waals surface area contributed by atoms with Gasteiger partial charge in [-0.2, -0.15) is 0 Å². The van der Waals surface area contributed by atoms with Gasteiger partial charge >= 0.3 is 0 Å². The second-order valence-electron chi connectivity index (χ2n) is 5.35. The molecule has 1 saturated heterocycles. The van der Waals surface area contributed by atoms with Gasteiger partial charge in [0.25, 0.3) is 0 Å². The van der Waals surface area contributed by atoms with E-state index in [2.05, 4.69) is 42.7 Å². The molecule has 0 radical (unpaired) electrons. The number of nitrogens with one attached hydrogen (secondary N) is 2. The Morgan fingerprint density at radius 3 is 3.00 bits per heavy atom. The number of benzene rings is 1. The Hall–Kier alpha value is -1.02. The SMILES string of the molecule is CC(C)c1ccc2c(c1)C1CNCCC1N2. The van der Waals surface area contributed by atoms with Crippen molar-refractivity contribution in [2.24, 2.45) is 0 Å². The van der Waals surface area contributed by atoms with Crippen LogP contribution in [-0.4, -0.2) is 19.1 Å². The molecule has 3 rings (SSSR count). The van der Waals surface area contributed by atoms with Gasteiger partial charge in [-0.3, -0.25) is 0 Å². The van der Waals surface area contributed by atoms with Crippen LogP contribution in [0.1, 0.15) is 43.2 Å². The molecule has 0 aliphatic carbocycles. The molecule has 1 aromatic carbocycles. The molecule has 1 aromatic rings. The van der Waals surface area contributed by atoms with Crippen LogP contribution >= 0.6 is 0 Å². The van der Waals surface area contributed by atoms with E-state index < -0.39 is 0 Å². The second kappa shape index (κ2) is 3.77. The number of hydrogen-bond donors (Lipinski definition) is 2. The average molecular weight is 216 g/mol. The molecule has 2 atom stereocenters. The van der Waals surface area contributed by atoms with Crippen molar-refractivity contribution in [3.05, 3.63) is 29.3 Å². The summed E-state index contributed by atoms with van der Waals surface area (Å²) in [5.74, 6) is 1.31. The van der Waals surface area contributed by atoms with E-state index in [9.17, 15) is 0 Å². The number of hydrogen-bond acceptors (Lipinski definition) is 2. The van der Waals surface area contributed by atoms with Crippen LogP contribution in [0.15, 0.2) is 18.2 Å². The average Bonchev–Trinajstić information content (AvgIpc) is 2.66. The van der Waals surface area contributed by atoms with Gasteiger partial charge in [-0.1, -0.05) is 26.0 Å². The molecule has 2 N–H and O–H groups in total. The Morgan fingerprint density at radius 2 is 2.19 bits per heavy atom. The van der Waals surface area contributed by atoms with Gasteiger partial charge in [0.05, 0.1) is 0 Å². The van der Waals surface area contributed by atoms with E-state index in [1.165, 1.54) is 23.2 Å². The Morgan fingerprint density at radius 1 is 1.31 bits per heavy atom. The van der Waals surface area contributed by atoms with Crippen LogP contribution < -0.4 is 10.6 Å². The molecule has 86 valence electrons. The van der Waals surface area contributed by atoms with Crippen LogP contribution in [0.2, 0.25) is 0 Å². The molecule has 2 nitrogen and oxygen atoms in total. The zero-order chi connectivity index (χ0) is 11.1. The van der Waals surface area contributed by atoms with Crippen molar-refractivity contribution in [2.75, 3.05) is 18.4 Å². The van der Waals surface area contributed by atoms with Crippen molar-refractivity contribution < 1.29 is 0 Å². The predicted octanol–water partition coefficient (Wildman–Crippen LogP) is 2.68. The van der Waals surface area contributed by atoms with Crippen molar-refractivity contribution in [1.82, 2.24) is 5.32 Å². The fourth-order valence-electron chi connectivity index (χ4n) is 2.94. The highest BCUT2D eigenvalue weighted by molar-refractivity contribution is 5.61. The number of piperidine rings is 1. The van der Waals surface area contributed by atoms with Crippen molar-refractivity contribution >= 4 is 5.69 Å². The van der Waals surface area contributed by atoms with Gasteiger partial charge in [0.15, 0.2) is 0 Å². The largest absolute Gasteiger partial charge is 0.381 e. The lowest BCUT2D eigenvalue weighted by Crippen LogP contribution is -2.38. The number of rotatable bonds is 1. The minimum absolute atomic E-state index is 0.626.